The van der Waals surface area contributed by atoms with E-state index in [1.165, 1.54) is 10.4 Å². The van der Waals surface area contributed by atoms with E-state index in [1.807, 2.05) is 10.8 Å². The van der Waals surface area contributed by atoms with Crippen molar-refractivity contribution in [3.8, 4) is 0 Å². The van der Waals surface area contributed by atoms with Gasteiger partial charge in [-0.25, -0.2) is 4.79 Å². The molecular weight excluding hydrogens is 361 g/mol. The summed E-state index contributed by atoms with van der Waals surface area (Å²) in [6.45, 7) is 0. The van der Waals surface area contributed by atoms with Gasteiger partial charge in [0.15, 0.2) is 0 Å². The summed E-state index contributed by atoms with van der Waals surface area (Å²) in [6, 6.07) is 4.07. The largest absolute Gasteiger partial charge is 0.477 e. The zero-order valence-corrected chi connectivity index (χ0v) is 12.6. The lowest BCUT2D eigenvalue weighted by molar-refractivity contribution is 0.0683. The van der Waals surface area contributed by atoms with E-state index in [2.05, 4.69) is 34.0 Å². The minimum Gasteiger partial charge on any atom is -0.477 e. The zero-order chi connectivity index (χ0) is 12.7. The molecule has 1 aliphatic rings. The Morgan fingerprint density at radius 3 is 3.17 bits per heavy atom. The summed E-state index contributed by atoms with van der Waals surface area (Å²) in [7, 11) is 0. The molecule has 0 fully saturated rings. The standard InChI is InChI=1S/C13H12INO2S/c14-8-6-11(13(16)17)15(7-8)10-2-1-3-12-9(10)4-5-18-12/h4-7,10H,1-3H2,(H,16,17). The van der Waals surface area contributed by atoms with Crippen molar-refractivity contribution in [2.24, 2.45) is 0 Å². The SMILES string of the molecule is O=C(O)c1cc(I)cn1C1CCCc2sccc21. The van der Waals surface area contributed by atoms with E-state index in [1.54, 1.807) is 17.4 Å². The van der Waals surface area contributed by atoms with Crippen LogP contribution in [0, 0.1) is 3.57 Å². The molecule has 0 saturated heterocycles. The highest BCUT2D eigenvalue weighted by Gasteiger charge is 2.26. The molecule has 0 aliphatic heterocycles. The first-order valence-corrected chi connectivity index (χ1v) is 7.79. The van der Waals surface area contributed by atoms with E-state index >= 15 is 0 Å². The molecule has 0 spiro atoms. The number of carboxylic acids is 1. The first-order chi connectivity index (χ1) is 8.66. The molecule has 1 aliphatic carbocycles. The van der Waals surface area contributed by atoms with Gasteiger partial charge in [0.1, 0.15) is 5.69 Å². The fraction of sp³-hybridized carbons (Fsp3) is 0.308. The Morgan fingerprint density at radius 2 is 2.39 bits per heavy atom. The minimum absolute atomic E-state index is 0.189. The zero-order valence-electron chi connectivity index (χ0n) is 9.60. The number of carbonyl (C=O) groups is 1. The molecule has 3 rings (SSSR count). The maximum Gasteiger partial charge on any atom is 0.352 e. The van der Waals surface area contributed by atoms with Gasteiger partial charge in [-0.3, -0.25) is 0 Å². The molecule has 0 radical (unpaired) electrons. The third-order valence-corrected chi connectivity index (χ3v) is 4.98. The number of thiophene rings is 1. The molecule has 5 heteroatoms. The van der Waals surface area contributed by atoms with Crippen LogP contribution >= 0.6 is 33.9 Å². The van der Waals surface area contributed by atoms with Gasteiger partial charge in [0.25, 0.3) is 0 Å². The Kier molecular flexibility index (Phi) is 3.19. The van der Waals surface area contributed by atoms with Gasteiger partial charge in [-0.1, -0.05) is 0 Å². The van der Waals surface area contributed by atoms with Gasteiger partial charge in [-0.15, -0.1) is 11.3 Å². The summed E-state index contributed by atoms with van der Waals surface area (Å²) in [5, 5.41) is 11.4. The molecule has 2 aromatic rings. The van der Waals surface area contributed by atoms with Gasteiger partial charge in [0, 0.05) is 14.6 Å². The average Bonchev–Trinajstić information content (AvgIpc) is 2.94. The van der Waals surface area contributed by atoms with Crippen LogP contribution in [0.3, 0.4) is 0 Å². The number of aromatic nitrogens is 1. The van der Waals surface area contributed by atoms with Gasteiger partial charge in [0.2, 0.25) is 0 Å². The molecule has 2 heterocycles. The van der Waals surface area contributed by atoms with Crippen LogP contribution in [-0.2, 0) is 6.42 Å². The van der Waals surface area contributed by atoms with E-state index in [4.69, 9.17) is 0 Å². The number of halogens is 1. The van der Waals surface area contributed by atoms with Gasteiger partial charge < -0.3 is 9.67 Å². The average molecular weight is 373 g/mol. The Bertz CT molecular complexity index is 602. The Morgan fingerprint density at radius 1 is 1.56 bits per heavy atom. The molecule has 1 N–H and O–H groups in total. The third kappa shape index (κ3) is 1.99. The van der Waals surface area contributed by atoms with Crippen molar-refractivity contribution in [2.45, 2.75) is 25.3 Å². The smallest absolute Gasteiger partial charge is 0.352 e. The van der Waals surface area contributed by atoms with Crippen molar-refractivity contribution in [2.75, 3.05) is 0 Å². The van der Waals surface area contributed by atoms with Crippen LogP contribution in [0.25, 0.3) is 0 Å². The molecule has 94 valence electrons. The predicted octanol–water partition coefficient (Wildman–Crippen LogP) is 3.78. The first kappa shape index (κ1) is 12.2. The van der Waals surface area contributed by atoms with Crippen LogP contribution in [-0.4, -0.2) is 15.6 Å². The van der Waals surface area contributed by atoms with Crippen LogP contribution in [0.5, 0.6) is 0 Å². The minimum atomic E-state index is -0.847. The monoisotopic (exact) mass is 373 g/mol. The van der Waals surface area contributed by atoms with Crippen molar-refractivity contribution >= 4 is 39.9 Å². The van der Waals surface area contributed by atoms with Gasteiger partial charge >= 0.3 is 5.97 Å². The van der Waals surface area contributed by atoms with Crippen molar-refractivity contribution < 1.29 is 9.90 Å². The normalized spacial score (nSPS) is 18.6. The lowest BCUT2D eigenvalue weighted by atomic mass is 9.94. The van der Waals surface area contributed by atoms with Crippen molar-refractivity contribution in [3.63, 3.8) is 0 Å². The number of rotatable bonds is 2. The fourth-order valence-electron chi connectivity index (χ4n) is 2.63. The van der Waals surface area contributed by atoms with Gasteiger partial charge in [0.05, 0.1) is 6.04 Å². The highest BCUT2D eigenvalue weighted by atomic mass is 127. The highest BCUT2D eigenvalue weighted by molar-refractivity contribution is 14.1. The number of hydrogen-bond acceptors (Lipinski definition) is 2. The van der Waals surface area contributed by atoms with Crippen LogP contribution in [0.2, 0.25) is 0 Å². The highest BCUT2D eigenvalue weighted by Crippen LogP contribution is 2.37. The number of fused-ring (bicyclic) bond motifs is 1. The first-order valence-electron chi connectivity index (χ1n) is 5.84. The topological polar surface area (TPSA) is 42.2 Å². The van der Waals surface area contributed by atoms with Gasteiger partial charge in [-0.2, -0.15) is 0 Å². The number of nitrogens with zero attached hydrogens (tertiary/aromatic N) is 1. The third-order valence-electron chi connectivity index (χ3n) is 3.39. The summed E-state index contributed by atoms with van der Waals surface area (Å²) in [6.07, 6.45) is 5.23. The number of aryl methyl sites for hydroxylation is 1. The molecule has 0 bridgehead atoms. The Balaban J connectivity index is 2.10. The number of carboxylic acid groups (broad SMARTS) is 1. The molecule has 3 nitrogen and oxygen atoms in total. The van der Waals surface area contributed by atoms with Crippen molar-refractivity contribution in [3.05, 3.63) is 43.4 Å². The fourth-order valence-corrected chi connectivity index (χ4v) is 4.20. The lowest BCUT2D eigenvalue weighted by Gasteiger charge is -2.25. The van der Waals surface area contributed by atoms with E-state index in [-0.39, 0.29) is 6.04 Å². The lowest BCUT2D eigenvalue weighted by Crippen LogP contribution is -2.18. The van der Waals surface area contributed by atoms with E-state index in [0.717, 1.165) is 22.8 Å². The van der Waals surface area contributed by atoms with E-state index < -0.39 is 5.97 Å². The molecule has 1 unspecified atom stereocenters. The maximum absolute atomic E-state index is 11.3. The van der Waals surface area contributed by atoms with E-state index in [9.17, 15) is 9.90 Å². The second-order valence-electron chi connectivity index (χ2n) is 4.46. The second-order valence-corrected chi connectivity index (χ2v) is 6.71. The van der Waals surface area contributed by atoms with Crippen LogP contribution < -0.4 is 0 Å². The molecule has 1 atom stereocenters. The van der Waals surface area contributed by atoms with E-state index in [0.29, 0.717) is 5.69 Å². The quantitative estimate of drug-likeness (QED) is 0.815. The van der Waals surface area contributed by atoms with Crippen molar-refractivity contribution in [1.82, 2.24) is 4.57 Å². The summed E-state index contributed by atoms with van der Waals surface area (Å²) in [4.78, 5) is 12.7. The molecule has 0 saturated carbocycles. The van der Waals surface area contributed by atoms with Crippen LogP contribution in [0.1, 0.15) is 39.8 Å². The number of aromatic carboxylic acids is 1. The molecule has 18 heavy (non-hydrogen) atoms. The number of hydrogen-bond donors (Lipinski definition) is 1. The van der Waals surface area contributed by atoms with Crippen molar-refractivity contribution in [1.29, 1.82) is 0 Å². The van der Waals surface area contributed by atoms with Gasteiger partial charge in [-0.05, 0) is 64.9 Å². The second kappa shape index (κ2) is 4.70. The summed E-state index contributed by atoms with van der Waals surface area (Å²) < 4.78 is 2.90. The molecule has 0 aromatic carbocycles. The van der Waals surface area contributed by atoms with Crippen LogP contribution in [0.4, 0.5) is 0 Å². The van der Waals surface area contributed by atoms with Crippen LogP contribution in [0.15, 0.2) is 23.7 Å². The summed E-state index contributed by atoms with van der Waals surface area (Å²) in [5.74, 6) is -0.847. The Labute approximate surface area is 123 Å². The maximum atomic E-state index is 11.3. The molecular formula is C13H12INO2S. The Hall–Kier alpha value is -0.820. The summed E-state index contributed by atoms with van der Waals surface area (Å²) >= 11 is 3.95. The molecule has 0 amide bonds. The molecule has 2 aromatic heterocycles. The summed E-state index contributed by atoms with van der Waals surface area (Å²) in [5.41, 5.74) is 1.70. The predicted molar refractivity (Wildman–Crippen MR) is 79.5 cm³/mol.